The summed E-state index contributed by atoms with van der Waals surface area (Å²) < 4.78 is 0. The van der Waals surface area contributed by atoms with E-state index in [0.29, 0.717) is 0 Å². The van der Waals surface area contributed by atoms with Crippen molar-refractivity contribution in [3.05, 3.63) is 97.1 Å². The number of hydrogen-bond donors (Lipinski definition) is 0. The monoisotopic (exact) mass is 432 g/mol. The predicted molar refractivity (Wildman–Crippen MR) is 107 cm³/mol. The van der Waals surface area contributed by atoms with E-state index in [4.69, 9.17) is 15.1 Å². The van der Waals surface area contributed by atoms with Gasteiger partial charge in [0.25, 0.3) is 0 Å². The molecule has 0 saturated carbocycles. The Kier molecular flexibility index (Phi) is 12.6. The average molecular weight is 432 g/mol. The fourth-order valence-electron chi connectivity index (χ4n) is 3.69. The molecule has 0 radical (unpaired) electrons. The first-order chi connectivity index (χ1) is 13.7. The fourth-order valence-corrected chi connectivity index (χ4v) is 3.69. The molecule has 6 rings (SSSR count). The first kappa shape index (κ1) is 28.9. The van der Waals surface area contributed by atoms with Gasteiger partial charge in [0.1, 0.15) is 0 Å². The topological polar surface area (TPSA) is 69.2 Å². The molecule has 4 aromatic carbocycles. The Morgan fingerprint density at radius 3 is 0.516 bits per heavy atom. The van der Waals surface area contributed by atoms with E-state index >= 15 is 0 Å². The second-order valence-electron chi connectivity index (χ2n) is 6.47. The zero-order valence-corrected chi connectivity index (χ0v) is 24.0. The van der Waals surface area contributed by atoms with Gasteiger partial charge in [-0.15, -0.1) is 0 Å². The summed E-state index contributed by atoms with van der Waals surface area (Å²) in [5.41, 5.74) is 11.2. The molecule has 0 unspecified atom stereocenters. The van der Waals surface area contributed by atoms with Crippen molar-refractivity contribution in [2.75, 3.05) is 0 Å². The number of hydrogen-bond acceptors (Lipinski definition) is 3. The van der Waals surface area contributed by atoms with Crippen molar-refractivity contribution >= 4 is 7.32 Å². The van der Waals surface area contributed by atoms with E-state index < -0.39 is 7.32 Å². The molecular formula is C24H16BNa3O3. The maximum atomic E-state index is 8.42. The number of rotatable bonds is 0. The van der Waals surface area contributed by atoms with Crippen LogP contribution in [0.25, 0.3) is 44.5 Å². The predicted octanol–water partition coefficient (Wildman–Crippen LogP) is -6.27. The van der Waals surface area contributed by atoms with Crippen molar-refractivity contribution in [1.82, 2.24) is 0 Å². The molecule has 7 heteroatoms. The van der Waals surface area contributed by atoms with Crippen LogP contribution in [0.15, 0.2) is 97.1 Å². The van der Waals surface area contributed by atoms with Gasteiger partial charge in [0, 0.05) is 0 Å². The van der Waals surface area contributed by atoms with Gasteiger partial charge in [-0.25, -0.2) is 0 Å². The van der Waals surface area contributed by atoms with Gasteiger partial charge >= 0.3 is 88.7 Å². The van der Waals surface area contributed by atoms with Crippen molar-refractivity contribution in [3.63, 3.8) is 0 Å². The van der Waals surface area contributed by atoms with Crippen molar-refractivity contribution in [1.29, 1.82) is 0 Å². The SMILES string of the molecule is [Na+].[Na+].[Na+].[O-]B([O-])[O-].c1ccc2c(c1)-c1ccccc1-2.c1ccc2c(c1)-c1ccccc1-2. The molecule has 136 valence electrons. The molecular weight excluding hydrogens is 416 g/mol. The number of fused-ring (bicyclic) bond motifs is 8. The third-order valence-corrected chi connectivity index (χ3v) is 4.87. The normalized spacial score (nSPS) is 9.65. The third kappa shape index (κ3) is 6.45. The quantitative estimate of drug-likeness (QED) is 0.225. The van der Waals surface area contributed by atoms with Gasteiger partial charge in [0.2, 0.25) is 0 Å². The first-order valence-electron chi connectivity index (χ1n) is 9.02. The van der Waals surface area contributed by atoms with Gasteiger partial charge in [-0.1, -0.05) is 97.1 Å². The Bertz CT molecular complexity index is 846. The molecule has 0 saturated heterocycles. The summed E-state index contributed by atoms with van der Waals surface area (Å²) in [6, 6.07) is 34.2. The van der Waals surface area contributed by atoms with Crippen LogP contribution in [0.2, 0.25) is 0 Å². The summed E-state index contributed by atoms with van der Waals surface area (Å²) in [6.07, 6.45) is 0. The molecule has 2 aliphatic rings. The maximum absolute atomic E-state index is 8.42. The fraction of sp³-hybridized carbons (Fsp3) is 0. The molecule has 31 heavy (non-hydrogen) atoms. The molecule has 0 aromatic heterocycles. The molecule has 4 aromatic rings. The Hall–Kier alpha value is -0.175. The summed E-state index contributed by atoms with van der Waals surface area (Å²) in [4.78, 5) is 0. The molecule has 0 heterocycles. The van der Waals surface area contributed by atoms with E-state index in [0.717, 1.165) is 0 Å². The van der Waals surface area contributed by atoms with E-state index in [9.17, 15) is 0 Å². The van der Waals surface area contributed by atoms with Gasteiger partial charge < -0.3 is 15.1 Å². The summed E-state index contributed by atoms with van der Waals surface area (Å²) in [5, 5.41) is 25.2. The van der Waals surface area contributed by atoms with Gasteiger partial charge in [-0.05, 0) is 44.5 Å². The minimum atomic E-state index is -2.92. The van der Waals surface area contributed by atoms with Crippen molar-refractivity contribution in [3.8, 4) is 44.5 Å². The summed E-state index contributed by atoms with van der Waals surface area (Å²) in [5.74, 6) is 0. The molecule has 0 atom stereocenters. The molecule has 3 nitrogen and oxygen atoms in total. The Morgan fingerprint density at radius 2 is 0.419 bits per heavy atom. The van der Waals surface area contributed by atoms with E-state index in [1.54, 1.807) is 0 Å². The van der Waals surface area contributed by atoms with Crippen LogP contribution >= 0.6 is 0 Å². The van der Waals surface area contributed by atoms with Crippen LogP contribution in [-0.4, -0.2) is 7.32 Å². The van der Waals surface area contributed by atoms with E-state index in [-0.39, 0.29) is 88.7 Å². The molecule has 0 bridgehead atoms. The van der Waals surface area contributed by atoms with Crippen LogP contribution in [0.5, 0.6) is 0 Å². The zero-order chi connectivity index (χ0) is 19.5. The van der Waals surface area contributed by atoms with Crippen LogP contribution in [0, 0.1) is 0 Å². The van der Waals surface area contributed by atoms with Gasteiger partial charge in [-0.2, -0.15) is 0 Å². The van der Waals surface area contributed by atoms with Crippen LogP contribution in [0.4, 0.5) is 0 Å². The molecule has 0 aliphatic heterocycles. The standard InChI is InChI=1S/2C12H8.BO3.3Na/c2*1-2-6-10-9(5-1)11-7-3-4-8-12(10)11;2-1(3)4;;;/h2*1-8H;;;;/q;;-3;3*+1. The molecule has 0 fully saturated rings. The second-order valence-corrected chi connectivity index (χ2v) is 6.47. The molecule has 0 amide bonds. The van der Waals surface area contributed by atoms with E-state index in [1.807, 2.05) is 0 Å². The zero-order valence-electron chi connectivity index (χ0n) is 18.0. The van der Waals surface area contributed by atoms with Gasteiger partial charge in [0.15, 0.2) is 0 Å². The van der Waals surface area contributed by atoms with Crippen molar-refractivity contribution in [2.24, 2.45) is 0 Å². The van der Waals surface area contributed by atoms with Crippen molar-refractivity contribution in [2.45, 2.75) is 0 Å². The molecule has 0 N–H and O–H groups in total. The Morgan fingerprint density at radius 1 is 0.323 bits per heavy atom. The van der Waals surface area contributed by atoms with Gasteiger partial charge in [-0.3, -0.25) is 7.32 Å². The smallest absolute Gasteiger partial charge is 0.907 e. The van der Waals surface area contributed by atoms with E-state index in [1.165, 1.54) is 44.5 Å². The van der Waals surface area contributed by atoms with E-state index in [2.05, 4.69) is 97.1 Å². The van der Waals surface area contributed by atoms with Crippen LogP contribution < -0.4 is 104 Å². The summed E-state index contributed by atoms with van der Waals surface area (Å²) in [7, 11) is -2.92. The Balaban J connectivity index is 0.000000246. The minimum Gasteiger partial charge on any atom is -0.907 e. The average Bonchev–Trinajstić information content (AvgIpc) is 2.70. The largest absolute Gasteiger partial charge is 1.00 e. The second kappa shape index (κ2) is 13.5. The molecule has 0 spiro atoms. The molecule has 2 aliphatic carbocycles. The van der Waals surface area contributed by atoms with Crippen LogP contribution in [-0.2, 0) is 0 Å². The van der Waals surface area contributed by atoms with Crippen LogP contribution in [0.3, 0.4) is 0 Å². The Labute approximate surface area is 249 Å². The number of benzene rings is 4. The summed E-state index contributed by atoms with van der Waals surface area (Å²) >= 11 is 0. The first-order valence-corrected chi connectivity index (χ1v) is 9.02. The maximum Gasteiger partial charge on any atom is 1.00 e. The third-order valence-electron chi connectivity index (χ3n) is 4.87. The van der Waals surface area contributed by atoms with Crippen molar-refractivity contribution < 1.29 is 104 Å². The van der Waals surface area contributed by atoms with Gasteiger partial charge in [0.05, 0.1) is 0 Å². The van der Waals surface area contributed by atoms with Crippen LogP contribution in [0.1, 0.15) is 0 Å². The minimum absolute atomic E-state index is 0. The summed E-state index contributed by atoms with van der Waals surface area (Å²) in [6.45, 7) is 0.